The second-order valence-electron chi connectivity index (χ2n) is 4.16. The molecule has 5 nitrogen and oxygen atoms in total. The lowest BCUT2D eigenvalue weighted by molar-refractivity contribution is -0.115. The van der Waals surface area contributed by atoms with Crippen LogP contribution < -0.4 is 5.32 Å². The molecule has 1 amide bonds. The van der Waals surface area contributed by atoms with Gasteiger partial charge in [-0.3, -0.25) is 4.79 Å². The minimum atomic E-state index is -1.02. The van der Waals surface area contributed by atoms with E-state index in [4.69, 9.17) is 0 Å². The van der Waals surface area contributed by atoms with Gasteiger partial charge in [0.15, 0.2) is 5.13 Å². The number of hydrogen-bond donors (Lipinski definition) is 2. The number of aromatic nitrogens is 1. The molecule has 0 aliphatic rings. The van der Waals surface area contributed by atoms with E-state index in [1.54, 1.807) is 6.92 Å². The number of benzene rings is 1. The first-order chi connectivity index (χ1) is 9.60. The van der Waals surface area contributed by atoms with Crippen LogP contribution in [0.15, 0.2) is 30.3 Å². The highest BCUT2D eigenvalue weighted by atomic mass is 32.1. The summed E-state index contributed by atoms with van der Waals surface area (Å²) >= 11 is 0.988. The zero-order chi connectivity index (χ0) is 14.5. The molecule has 2 aromatic rings. The molecule has 2 N–H and O–H groups in total. The van der Waals surface area contributed by atoms with Gasteiger partial charge in [-0.25, -0.2) is 9.78 Å². The van der Waals surface area contributed by atoms with Crippen LogP contribution in [-0.4, -0.2) is 22.0 Å². The Morgan fingerprint density at radius 3 is 2.60 bits per heavy atom. The van der Waals surface area contributed by atoms with Gasteiger partial charge >= 0.3 is 5.97 Å². The first kappa shape index (κ1) is 14.2. The molecule has 0 aliphatic heterocycles. The van der Waals surface area contributed by atoms with Gasteiger partial charge in [0.2, 0.25) is 5.91 Å². The third-order valence-corrected chi connectivity index (χ3v) is 3.67. The molecule has 104 valence electrons. The summed E-state index contributed by atoms with van der Waals surface area (Å²) in [6, 6.07) is 9.50. The first-order valence-electron chi connectivity index (χ1n) is 6.17. The number of aromatic carboxylic acids is 1. The Hall–Kier alpha value is -2.21. The largest absolute Gasteiger partial charge is 0.477 e. The average Bonchev–Trinajstić information content (AvgIpc) is 2.82. The number of rotatable bonds is 5. The maximum atomic E-state index is 11.3. The normalized spacial score (nSPS) is 10.2. The highest BCUT2D eigenvalue weighted by Gasteiger charge is 2.18. The molecule has 1 aromatic heterocycles. The van der Waals surface area contributed by atoms with Crippen LogP contribution in [0.25, 0.3) is 0 Å². The molecule has 2 rings (SSSR count). The molecule has 0 spiro atoms. The van der Waals surface area contributed by atoms with Crippen molar-refractivity contribution in [3.05, 3.63) is 46.5 Å². The van der Waals surface area contributed by atoms with Crippen LogP contribution in [0, 0.1) is 0 Å². The number of carboxylic acid groups (broad SMARTS) is 1. The summed E-state index contributed by atoms with van der Waals surface area (Å²) in [7, 11) is 0. The molecular weight excluding hydrogens is 276 g/mol. The number of carboxylic acids is 1. The molecule has 1 aromatic carbocycles. The smallest absolute Gasteiger partial charge is 0.347 e. The minimum absolute atomic E-state index is 0.167. The van der Waals surface area contributed by atoms with Crippen molar-refractivity contribution in [3.63, 3.8) is 0 Å². The van der Waals surface area contributed by atoms with Gasteiger partial charge < -0.3 is 10.4 Å². The molecule has 1 heterocycles. The highest BCUT2D eigenvalue weighted by molar-refractivity contribution is 7.17. The van der Waals surface area contributed by atoms with Crippen molar-refractivity contribution >= 4 is 28.3 Å². The topological polar surface area (TPSA) is 79.3 Å². The summed E-state index contributed by atoms with van der Waals surface area (Å²) in [5, 5.41) is 12.1. The Kier molecular flexibility index (Phi) is 4.47. The van der Waals surface area contributed by atoms with Gasteiger partial charge in [0.05, 0.1) is 5.69 Å². The van der Waals surface area contributed by atoms with Crippen LogP contribution in [0.4, 0.5) is 5.13 Å². The molecule has 20 heavy (non-hydrogen) atoms. The van der Waals surface area contributed by atoms with Gasteiger partial charge in [-0.1, -0.05) is 48.6 Å². The highest BCUT2D eigenvalue weighted by Crippen LogP contribution is 2.25. The minimum Gasteiger partial charge on any atom is -0.477 e. The fraction of sp³-hybridized carbons (Fsp3) is 0.214. The lowest BCUT2D eigenvalue weighted by Crippen LogP contribution is -2.09. The molecule has 0 aliphatic carbocycles. The molecule has 6 heteroatoms. The molecule has 0 fully saturated rings. The number of thiazole rings is 1. The van der Waals surface area contributed by atoms with Crippen LogP contribution in [0.2, 0.25) is 0 Å². The predicted octanol–water partition coefficient (Wildman–Crippen LogP) is 2.78. The Balaban J connectivity index is 2.26. The predicted molar refractivity (Wildman–Crippen MR) is 77.2 cm³/mol. The van der Waals surface area contributed by atoms with E-state index in [0.717, 1.165) is 16.9 Å². The second kappa shape index (κ2) is 6.29. The number of nitrogens with one attached hydrogen (secondary N) is 1. The van der Waals surface area contributed by atoms with Gasteiger partial charge in [-0.15, -0.1) is 0 Å². The van der Waals surface area contributed by atoms with Crippen molar-refractivity contribution in [1.82, 2.24) is 4.98 Å². The van der Waals surface area contributed by atoms with Crippen LogP contribution in [0.5, 0.6) is 0 Å². The van der Waals surface area contributed by atoms with Crippen LogP contribution in [-0.2, 0) is 11.2 Å². The maximum absolute atomic E-state index is 11.3. The zero-order valence-electron chi connectivity index (χ0n) is 10.9. The van der Waals surface area contributed by atoms with Crippen molar-refractivity contribution in [2.45, 2.75) is 19.8 Å². The van der Waals surface area contributed by atoms with E-state index in [-0.39, 0.29) is 10.8 Å². The van der Waals surface area contributed by atoms with Crippen molar-refractivity contribution in [3.8, 4) is 0 Å². The summed E-state index contributed by atoms with van der Waals surface area (Å²) in [6.07, 6.45) is 0.761. The molecule has 0 bridgehead atoms. The average molecular weight is 290 g/mol. The van der Waals surface area contributed by atoms with E-state index in [0.29, 0.717) is 23.7 Å². The summed E-state index contributed by atoms with van der Waals surface area (Å²) < 4.78 is 0. The van der Waals surface area contributed by atoms with Gasteiger partial charge in [0.1, 0.15) is 4.88 Å². The van der Waals surface area contributed by atoms with Gasteiger partial charge in [-0.2, -0.15) is 0 Å². The molecule has 0 saturated heterocycles. The molecule has 0 atom stereocenters. The zero-order valence-corrected chi connectivity index (χ0v) is 11.7. The molecular formula is C14H14N2O3S. The number of amides is 1. The van der Waals surface area contributed by atoms with E-state index in [1.165, 1.54) is 0 Å². The van der Waals surface area contributed by atoms with E-state index >= 15 is 0 Å². The maximum Gasteiger partial charge on any atom is 0.347 e. The van der Waals surface area contributed by atoms with E-state index in [2.05, 4.69) is 10.3 Å². The van der Waals surface area contributed by atoms with E-state index in [1.807, 2.05) is 30.3 Å². The van der Waals surface area contributed by atoms with Gasteiger partial charge in [0, 0.05) is 12.8 Å². The molecule has 0 unspecified atom stereocenters. The van der Waals surface area contributed by atoms with E-state index in [9.17, 15) is 14.7 Å². The summed E-state index contributed by atoms with van der Waals surface area (Å²) in [6.45, 7) is 1.73. The quantitative estimate of drug-likeness (QED) is 0.887. The number of nitrogens with zero attached hydrogens (tertiary/aromatic N) is 1. The van der Waals surface area contributed by atoms with Crippen molar-refractivity contribution < 1.29 is 14.7 Å². The third-order valence-electron chi connectivity index (χ3n) is 2.67. The Bertz CT molecular complexity index is 623. The first-order valence-corrected chi connectivity index (χ1v) is 6.98. The van der Waals surface area contributed by atoms with Crippen molar-refractivity contribution in [2.75, 3.05) is 5.32 Å². The van der Waals surface area contributed by atoms with Crippen molar-refractivity contribution in [1.29, 1.82) is 0 Å². The van der Waals surface area contributed by atoms with Gasteiger partial charge in [0.25, 0.3) is 0 Å². The molecule has 0 radical (unpaired) electrons. The second-order valence-corrected chi connectivity index (χ2v) is 5.16. The van der Waals surface area contributed by atoms with Crippen LogP contribution in [0.1, 0.15) is 34.3 Å². The van der Waals surface area contributed by atoms with E-state index < -0.39 is 5.97 Å². The lowest BCUT2D eigenvalue weighted by atomic mass is 10.1. The number of carbonyl (C=O) groups is 2. The fourth-order valence-electron chi connectivity index (χ4n) is 1.69. The summed E-state index contributed by atoms with van der Waals surface area (Å²) in [4.78, 5) is 27.0. The SMILES string of the molecule is CCC(=O)Nc1nc(Cc2ccccc2)c(C(=O)O)s1. The standard InChI is InChI=1S/C14H14N2O3S/c1-2-11(17)16-14-15-10(12(20-14)13(18)19)8-9-6-4-3-5-7-9/h3-7H,2,8H2,1H3,(H,18,19)(H,15,16,17). The Labute approximate surface area is 120 Å². The number of anilines is 1. The fourth-order valence-corrected chi connectivity index (χ4v) is 2.53. The Morgan fingerprint density at radius 2 is 2.00 bits per heavy atom. The van der Waals surface area contributed by atoms with Crippen LogP contribution in [0.3, 0.4) is 0 Å². The van der Waals surface area contributed by atoms with Gasteiger partial charge in [-0.05, 0) is 5.56 Å². The Morgan fingerprint density at radius 1 is 1.30 bits per heavy atom. The summed E-state index contributed by atoms with van der Waals surface area (Å²) in [5.41, 5.74) is 1.45. The summed E-state index contributed by atoms with van der Waals surface area (Å²) in [5.74, 6) is -1.20. The number of hydrogen-bond acceptors (Lipinski definition) is 4. The lowest BCUT2D eigenvalue weighted by Gasteiger charge is -1.99. The van der Waals surface area contributed by atoms with Crippen molar-refractivity contribution in [2.24, 2.45) is 0 Å². The monoisotopic (exact) mass is 290 g/mol. The molecule has 0 saturated carbocycles. The number of carbonyl (C=O) groups excluding carboxylic acids is 1. The third kappa shape index (κ3) is 3.42. The van der Waals surface area contributed by atoms with Crippen LogP contribution >= 0.6 is 11.3 Å².